The molecular weight excluding hydrogens is 286 g/mol. The molecule has 2 nitrogen and oxygen atoms in total. The summed E-state index contributed by atoms with van der Waals surface area (Å²) in [5.41, 5.74) is 4.66. The van der Waals surface area contributed by atoms with Gasteiger partial charge in [0.05, 0.1) is 5.60 Å². The van der Waals surface area contributed by atoms with Crippen LogP contribution < -0.4 is 5.73 Å². The van der Waals surface area contributed by atoms with Crippen LogP contribution in [0.5, 0.6) is 0 Å². The highest BCUT2D eigenvalue weighted by Gasteiger charge is 2.59. The lowest BCUT2D eigenvalue weighted by Gasteiger charge is -2.35. The standard InChI is InChI=1S/C15H21F4NO/c1-4-11-7-5-6-8-12(11)13(2,3)21-15(18,19)14(16,17)9-10-20/h5-8H,4,9-10,20H2,1-3H3. The van der Waals surface area contributed by atoms with E-state index in [1.165, 1.54) is 13.8 Å². The van der Waals surface area contributed by atoms with E-state index in [1.807, 2.05) is 6.92 Å². The lowest BCUT2D eigenvalue weighted by atomic mass is 9.91. The van der Waals surface area contributed by atoms with Gasteiger partial charge in [0.25, 0.3) is 0 Å². The molecule has 0 amide bonds. The van der Waals surface area contributed by atoms with Crippen molar-refractivity contribution in [2.45, 2.75) is 51.2 Å². The number of alkyl halides is 4. The predicted octanol–water partition coefficient (Wildman–Crippen LogP) is 4.08. The van der Waals surface area contributed by atoms with Crippen LogP contribution >= 0.6 is 0 Å². The van der Waals surface area contributed by atoms with Gasteiger partial charge in [0.2, 0.25) is 0 Å². The molecule has 0 unspecified atom stereocenters. The summed E-state index contributed by atoms with van der Waals surface area (Å²) in [4.78, 5) is 0. The summed E-state index contributed by atoms with van der Waals surface area (Å²) in [5, 5.41) is 0. The maximum absolute atomic E-state index is 13.8. The van der Waals surface area contributed by atoms with Crippen molar-refractivity contribution < 1.29 is 22.3 Å². The zero-order chi connectivity index (χ0) is 16.3. The van der Waals surface area contributed by atoms with Crippen LogP contribution in [0.15, 0.2) is 24.3 Å². The van der Waals surface area contributed by atoms with Crippen LogP contribution in [0.1, 0.15) is 38.3 Å². The number of nitrogens with two attached hydrogens (primary N) is 1. The normalized spacial score (nSPS) is 13.5. The number of benzene rings is 1. The lowest BCUT2D eigenvalue weighted by molar-refractivity contribution is -0.380. The zero-order valence-electron chi connectivity index (χ0n) is 12.4. The molecule has 0 spiro atoms. The Balaban J connectivity index is 3.09. The summed E-state index contributed by atoms with van der Waals surface area (Å²) < 4.78 is 59.0. The van der Waals surface area contributed by atoms with E-state index in [2.05, 4.69) is 4.74 Å². The average Bonchev–Trinajstić information content (AvgIpc) is 2.37. The van der Waals surface area contributed by atoms with Gasteiger partial charge in [-0.1, -0.05) is 31.2 Å². The van der Waals surface area contributed by atoms with Crippen molar-refractivity contribution in [3.63, 3.8) is 0 Å². The Kier molecular flexibility index (Phi) is 5.39. The molecule has 2 N–H and O–H groups in total. The van der Waals surface area contributed by atoms with Crippen molar-refractivity contribution in [1.82, 2.24) is 0 Å². The highest BCUT2D eigenvalue weighted by molar-refractivity contribution is 5.31. The Labute approximate surface area is 122 Å². The minimum Gasteiger partial charge on any atom is -0.330 e. The van der Waals surface area contributed by atoms with Gasteiger partial charge < -0.3 is 10.5 Å². The number of rotatable bonds is 7. The Morgan fingerprint density at radius 2 is 1.67 bits per heavy atom. The van der Waals surface area contributed by atoms with Crippen molar-refractivity contribution in [1.29, 1.82) is 0 Å². The molecule has 0 aliphatic carbocycles. The second kappa shape index (κ2) is 6.32. The third kappa shape index (κ3) is 3.95. The molecule has 0 atom stereocenters. The van der Waals surface area contributed by atoms with Crippen LogP contribution in [0.2, 0.25) is 0 Å². The molecule has 0 saturated carbocycles. The number of hydrogen-bond donors (Lipinski definition) is 1. The summed E-state index contributed by atoms with van der Waals surface area (Å²) in [6, 6.07) is 6.79. The molecule has 0 aliphatic heterocycles. The van der Waals surface area contributed by atoms with Crippen LogP contribution in [-0.4, -0.2) is 18.6 Å². The van der Waals surface area contributed by atoms with Gasteiger partial charge in [-0.25, -0.2) is 0 Å². The van der Waals surface area contributed by atoms with Gasteiger partial charge in [0, 0.05) is 6.42 Å². The second-order valence-electron chi connectivity index (χ2n) is 5.38. The van der Waals surface area contributed by atoms with E-state index in [-0.39, 0.29) is 0 Å². The highest BCUT2D eigenvalue weighted by Crippen LogP contribution is 2.43. The molecule has 0 saturated heterocycles. The average molecular weight is 307 g/mol. The maximum atomic E-state index is 13.8. The SMILES string of the molecule is CCc1ccccc1C(C)(C)OC(F)(F)C(F)(F)CCN. The third-order valence-corrected chi connectivity index (χ3v) is 3.31. The van der Waals surface area contributed by atoms with Gasteiger partial charge in [-0.15, -0.1) is 0 Å². The first-order chi connectivity index (χ1) is 9.57. The van der Waals surface area contributed by atoms with E-state index in [0.717, 1.165) is 5.56 Å². The van der Waals surface area contributed by atoms with Gasteiger partial charge in [-0.05, 0) is 37.9 Å². The first-order valence-electron chi connectivity index (χ1n) is 6.81. The van der Waals surface area contributed by atoms with Crippen LogP contribution in [0.25, 0.3) is 0 Å². The molecule has 120 valence electrons. The van der Waals surface area contributed by atoms with Gasteiger partial charge in [-0.3, -0.25) is 0 Å². The molecule has 0 bridgehead atoms. The Hall–Kier alpha value is -1.14. The smallest absolute Gasteiger partial charge is 0.330 e. The minimum absolute atomic E-state index is 0.468. The molecular formula is C15H21F4NO. The fourth-order valence-corrected chi connectivity index (χ4v) is 2.19. The molecule has 6 heteroatoms. The number of hydrogen-bond acceptors (Lipinski definition) is 2. The summed E-state index contributed by atoms with van der Waals surface area (Å²) in [5.74, 6) is -4.31. The van der Waals surface area contributed by atoms with Crippen molar-refractivity contribution in [2.24, 2.45) is 5.73 Å². The minimum atomic E-state index is -4.59. The van der Waals surface area contributed by atoms with E-state index < -0.39 is 30.6 Å². The van der Waals surface area contributed by atoms with E-state index in [1.54, 1.807) is 24.3 Å². The highest BCUT2D eigenvalue weighted by atomic mass is 19.3. The number of ether oxygens (including phenoxy) is 1. The fraction of sp³-hybridized carbons (Fsp3) is 0.600. The Morgan fingerprint density at radius 1 is 1.10 bits per heavy atom. The number of aryl methyl sites for hydroxylation is 1. The molecule has 0 aliphatic rings. The molecule has 1 aromatic carbocycles. The molecule has 21 heavy (non-hydrogen) atoms. The molecule has 0 heterocycles. The van der Waals surface area contributed by atoms with Crippen molar-refractivity contribution in [3.05, 3.63) is 35.4 Å². The topological polar surface area (TPSA) is 35.2 Å². The monoisotopic (exact) mass is 307 g/mol. The van der Waals surface area contributed by atoms with Gasteiger partial charge in [0.15, 0.2) is 0 Å². The zero-order valence-corrected chi connectivity index (χ0v) is 12.4. The molecule has 1 rings (SSSR count). The number of halogens is 4. The van der Waals surface area contributed by atoms with Gasteiger partial charge >= 0.3 is 12.0 Å². The van der Waals surface area contributed by atoms with Crippen LogP contribution in [0, 0.1) is 0 Å². The van der Waals surface area contributed by atoms with Gasteiger partial charge in [-0.2, -0.15) is 17.6 Å². The van der Waals surface area contributed by atoms with Crippen LogP contribution in [0.4, 0.5) is 17.6 Å². The van der Waals surface area contributed by atoms with Crippen molar-refractivity contribution in [3.8, 4) is 0 Å². The Bertz CT molecular complexity index is 474. The summed E-state index contributed by atoms with van der Waals surface area (Å²) >= 11 is 0. The van der Waals surface area contributed by atoms with E-state index >= 15 is 0 Å². The molecule has 0 aromatic heterocycles. The van der Waals surface area contributed by atoms with Crippen LogP contribution in [0.3, 0.4) is 0 Å². The third-order valence-electron chi connectivity index (χ3n) is 3.31. The van der Waals surface area contributed by atoms with Crippen molar-refractivity contribution >= 4 is 0 Å². The summed E-state index contributed by atoms with van der Waals surface area (Å²) in [7, 11) is 0. The quantitative estimate of drug-likeness (QED) is 0.770. The summed E-state index contributed by atoms with van der Waals surface area (Å²) in [6.07, 6.45) is -5.13. The van der Waals surface area contributed by atoms with E-state index in [4.69, 9.17) is 5.73 Å². The van der Waals surface area contributed by atoms with E-state index in [9.17, 15) is 17.6 Å². The Morgan fingerprint density at radius 3 is 2.19 bits per heavy atom. The largest absolute Gasteiger partial charge is 0.420 e. The second-order valence-corrected chi connectivity index (χ2v) is 5.38. The maximum Gasteiger partial charge on any atom is 0.420 e. The van der Waals surface area contributed by atoms with Crippen LogP contribution in [-0.2, 0) is 16.8 Å². The fourth-order valence-electron chi connectivity index (χ4n) is 2.19. The first-order valence-corrected chi connectivity index (χ1v) is 6.81. The molecule has 0 radical (unpaired) electrons. The molecule has 0 fully saturated rings. The van der Waals surface area contributed by atoms with Crippen molar-refractivity contribution in [2.75, 3.05) is 6.54 Å². The lowest BCUT2D eigenvalue weighted by Crippen LogP contribution is -2.48. The predicted molar refractivity (Wildman–Crippen MR) is 73.5 cm³/mol. The summed E-state index contributed by atoms with van der Waals surface area (Å²) in [6.45, 7) is 4.02. The first kappa shape index (κ1) is 17.9. The van der Waals surface area contributed by atoms with Gasteiger partial charge in [0.1, 0.15) is 0 Å². The van der Waals surface area contributed by atoms with E-state index in [0.29, 0.717) is 12.0 Å². The molecule has 1 aromatic rings.